The van der Waals surface area contributed by atoms with Crippen molar-refractivity contribution in [3.05, 3.63) is 42.1 Å². The lowest BCUT2D eigenvalue weighted by Crippen LogP contribution is -2.40. The van der Waals surface area contributed by atoms with Crippen LogP contribution in [0.4, 0.5) is 0 Å². The van der Waals surface area contributed by atoms with Crippen molar-refractivity contribution >= 4 is 29.9 Å². The first-order valence-corrected chi connectivity index (χ1v) is 7.30. The lowest BCUT2D eigenvalue weighted by atomic mass is 10.3. The van der Waals surface area contributed by atoms with Gasteiger partial charge in [0.2, 0.25) is 0 Å². The number of hydrogen-bond acceptors (Lipinski definition) is 4. The quantitative estimate of drug-likeness (QED) is 0.286. The normalized spacial score (nSPS) is 11.1. The summed E-state index contributed by atoms with van der Waals surface area (Å²) in [5.41, 5.74) is 1.05. The zero-order valence-electron chi connectivity index (χ0n) is 13.5. The van der Waals surface area contributed by atoms with Crippen LogP contribution in [0.15, 0.2) is 40.1 Å². The molecule has 2 aromatic rings. The lowest BCUT2D eigenvalue weighted by Gasteiger charge is -2.12. The number of nitrogens with zero attached hydrogens (tertiary/aromatic N) is 3. The Labute approximate surface area is 153 Å². The molecule has 7 nitrogen and oxygen atoms in total. The molecule has 0 amide bonds. The Bertz CT molecular complexity index is 568. The van der Waals surface area contributed by atoms with Gasteiger partial charge in [-0.2, -0.15) is 5.10 Å². The van der Waals surface area contributed by atoms with E-state index in [1.807, 2.05) is 29.9 Å². The van der Waals surface area contributed by atoms with E-state index in [-0.39, 0.29) is 24.0 Å². The fourth-order valence-corrected chi connectivity index (χ4v) is 1.92. The van der Waals surface area contributed by atoms with Crippen molar-refractivity contribution in [1.82, 2.24) is 20.4 Å². The van der Waals surface area contributed by atoms with Gasteiger partial charge in [0.1, 0.15) is 5.76 Å². The number of methoxy groups -OCH3 is 1. The summed E-state index contributed by atoms with van der Waals surface area (Å²) in [6.45, 7) is 2.65. The summed E-state index contributed by atoms with van der Waals surface area (Å²) in [7, 11) is 3.59. The summed E-state index contributed by atoms with van der Waals surface area (Å²) in [4.78, 5) is 4.57. The van der Waals surface area contributed by atoms with Crippen molar-refractivity contribution in [2.45, 2.75) is 13.0 Å². The predicted octanol–water partition coefficient (Wildman–Crippen LogP) is 1.56. The fraction of sp³-hybridized carbons (Fsp3) is 0.467. The minimum Gasteiger partial charge on any atom is -0.469 e. The third kappa shape index (κ3) is 7.04. The zero-order chi connectivity index (χ0) is 15.6. The largest absolute Gasteiger partial charge is 0.469 e. The predicted molar refractivity (Wildman–Crippen MR) is 100 cm³/mol. The van der Waals surface area contributed by atoms with E-state index < -0.39 is 0 Å². The molecule has 2 rings (SSSR count). The SMILES string of the molecule is COCCNC(=NCc1ccnn1C)NCCc1ccco1.I. The van der Waals surface area contributed by atoms with Crippen LogP contribution in [-0.2, 0) is 24.8 Å². The molecule has 2 heterocycles. The highest BCUT2D eigenvalue weighted by atomic mass is 127. The number of aryl methyl sites for hydroxylation is 1. The Morgan fingerprint density at radius 1 is 1.35 bits per heavy atom. The molecule has 0 aromatic carbocycles. The van der Waals surface area contributed by atoms with Crippen LogP contribution < -0.4 is 10.6 Å². The average molecular weight is 433 g/mol. The second-order valence-corrected chi connectivity index (χ2v) is 4.79. The van der Waals surface area contributed by atoms with Gasteiger partial charge in [-0.05, 0) is 18.2 Å². The van der Waals surface area contributed by atoms with E-state index in [2.05, 4.69) is 20.7 Å². The summed E-state index contributed by atoms with van der Waals surface area (Å²) < 4.78 is 12.2. The molecule has 128 valence electrons. The Morgan fingerprint density at radius 2 is 2.17 bits per heavy atom. The maximum absolute atomic E-state index is 5.32. The molecule has 0 bridgehead atoms. The summed E-state index contributed by atoms with van der Waals surface area (Å²) in [6.07, 6.45) is 4.26. The minimum atomic E-state index is 0. The molecular formula is C15H24IN5O2. The fourth-order valence-electron chi connectivity index (χ4n) is 1.92. The van der Waals surface area contributed by atoms with Crippen molar-refractivity contribution in [2.24, 2.45) is 12.0 Å². The van der Waals surface area contributed by atoms with E-state index in [1.165, 1.54) is 0 Å². The van der Waals surface area contributed by atoms with Gasteiger partial charge >= 0.3 is 0 Å². The van der Waals surface area contributed by atoms with Gasteiger partial charge in [-0.15, -0.1) is 24.0 Å². The first kappa shape index (κ1) is 19.5. The highest BCUT2D eigenvalue weighted by molar-refractivity contribution is 14.0. The van der Waals surface area contributed by atoms with Crippen LogP contribution in [0.1, 0.15) is 11.5 Å². The van der Waals surface area contributed by atoms with Crippen molar-refractivity contribution in [3.63, 3.8) is 0 Å². The highest BCUT2D eigenvalue weighted by Crippen LogP contribution is 2.00. The molecule has 0 aliphatic rings. The van der Waals surface area contributed by atoms with E-state index in [9.17, 15) is 0 Å². The molecule has 2 aromatic heterocycles. The monoisotopic (exact) mass is 433 g/mol. The van der Waals surface area contributed by atoms with Crippen LogP contribution in [0.5, 0.6) is 0 Å². The van der Waals surface area contributed by atoms with Gasteiger partial charge in [-0.25, -0.2) is 4.99 Å². The van der Waals surface area contributed by atoms with Crippen LogP contribution in [-0.4, -0.2) is 42.5 Å². The number of aromatic nitrogens is 2. The molecule has 0 unspecified atom stereocenters. The zero-order valence-corrected chi connectivity index (χ0v) is 15.8. The van der Waals surface area contributed by atoms with Gasteiger partial charge < -0.3 is 19.8 Å². The molecule has 0 aliphatic carbocycles. The maximum Gasteiger partial charge on any atom is 0.191 e. The van der Waals surface area contributed by atoms with Gasteiger partial charge in [0, 0.05) is 39.9 Å². The second-order valence-electron chi connectivity index (χ2n) is 4.79. The number of aliphatic imine (C=N–C) groups is 1. The molecule has 0 radical (unpaired) electrons. The van der Waals surface area contributed by atoms with Crippen molar-refractivity contribution < 1.29 is 9.15 Å². The van der Waals surface area contributed by atoms with E-state index in [0.717, 1.165) is 30.4 Å². The van der Waals surface area contributed by atoms with E-state index in [0.29, 0.717) is 19.7 Å². The van der Waals surface area contributed by atoms with Crippen LogP contribution in [0.25, 0.3) is 0 Å². The number of rotatable bonds is 8. The van der Waals surface area contributed by atoms with Crippen molar-refractivity contribution in [2.75, 3.05) is 26.8 Å². The third-order valence-electron chi connectivity index (χ3n) is 3.16. The van der Waals surface area contributed by atoms with Gasteiger partial charge in [0.25, 0.3) is 0 Å². The minimum absolute atomic E-state index is 0. The first-order valence-electron chi connectivity index (χ1n) is 7.30. The Balaban J connectivity index is 0.00000264. The van der Waals surface area contributed by atoms with Gasteiger partial charge in [-0.3, -0.25) is 4.68 Å². The Kier molecular flexibility index (Phi) is 9.37. The molecular weight excluding hydrogens is 409 g/mol. The second kappa shape index (κ2) is 11.1. The number of furan rings is 1. The Morgan fingerprint density at radius 3 is 2.83 bits per heavy atom. The van der Waals surface area contributed by atoms with Crippen LogP contribution in [0.2, 0.25) is 0 Å². The van der Waals surface area contributed by atoms with Crippen LogP contribution in [0.3, 0.4) is 0 Å². The van der Waals surface area contributed by atoms with Crippen molar-refractivity contribution in [1.29, 1.82) is 0 Å². The van der Waals surface area contributed by atoms with E-state index >= 15 is 0 Å². The smallest absolute Gasteiger partial charge is 0.191 e. The molecule has 0 atom stereocenters. The van der Waals surface area contributed by atoms with Crippen molar-refractivity contribution in [3.8, 4) is 0 Å². The molecule has 0 saturated heterocycles. The summed E-state index contributed by atoms with van der Waals surface area (Å²) in [5.74, 6) is 1.71. The standard InChI is InChI=1S/C15H23N5O2.HI/c1-20-13(5-8-19-20)12-18-15(17-9-11-21-2)16-7-6-14-4-3-10-22-14;/h3-5,8,10H,6-7,9,11-12H2,1-2H3,(H2,16,17,18);1H. The summed E-state index contributed by atoms with van der Waals surface area (Å²) in [5, 5.41) is 10.7. The number of halogens is 1. The van der Waals surface area contributed by atoms with Crippen LogP contribution in [0, 0.1) is 0 Å². The topological polar surface area (TPSA) is 76.6 Å². The number of hydrogen-bond donors (Lipinski definition) is 2. The molecule has 0 fully saturated rings. The lowest BCUT2D eigenvalue weighted by molar-refractivity contribution is 0.203. The third-order valence-corrected chi connectivity index (χ3v) is 3.16. The first-order chi connectivity index (χ1) is 10.8. The Hall–Kier alpha value is -1.55. The van der Waals surface area contributed by atoms with Crippen LogP contribution >= 0.6 is 24.0 Å². The average Bonchev–Trinajstić information content (AvgIpc) is 3.16. The summed E-state index contributed by atoms with van der Waals surface area (Å²) >= 11 is 0. The molecule has 8 heteroatoms. The summed E-state index contributed by atoms with van der Waals surface area (Å²) in [6, 6.07) is 5.81. The number of guanidine groups is 1. The van der Waals surface area contributed by atoms with Gasteiger partial charge in [-0.1, -0.05) is 0 Å². The van der Waals surface area contributed by atoms with Gasteiger partial charge in [0.05, 0.1) is 25.1 Å². The maximum atomic E-state index is 5.32. The van der Waals surface area contributed by atoms with E-state index in [1.54, 1.807) is 19.6 Å². The molecule has 23 heavy (non-hydrogen) atoms. The van der Waals surface area contributed by atoms with Gasteiger partial charge in [0.15, 0.2) is 5.96 Å². The number of nitrogens with one attached hydrogen (secondary N) is 2. The highest BCUT2D eigenvalue weighted by Gasteiger charge is 2.02. The molecule has 0 spiro atoms. The molecule has 2 N–H and O–H groups in total. The number of ether oxygens (including phenoxy) is 1. The molecule has 0 aliphatic heterocycles. The molecule has 0 saturated carbocycles. The van der Waals surface area contributed by atoms with E-state index in [4.69, 9.17) is 9.15 Å².